The molecule has 1 amide bonds. The van der Waals surface area contributed by atoms with Crippen LogP contribution in [0.4, 0.5) is 11.4 Å². The maximum Gasteiger partial charge on any atom is 0.237 e. The van der Waals surface area contributed by atoms with Gasteiger partial charge in [0.1, 0.15) is 11.5 Å². The van der Waals surface area contributed by atoms with Gasteiger partial charge < -0.3 is 15.8 Å². The number of amides is 1. The van der Waals surface area contributed by atoms with Crippen molar-refractivity contribution in [3.05, 3.63) is 18.2 Å². The molecule has 1 unspecified atom stereocenters. The third-order valence-electron chi connectivity index (χ3n) is 3.45. The Labute approximate surface area is 121 Å². The summed E-state index contributed by atoms with van der Waals surface area (Å²) in [4.78, 5) is 11.9. The molecule has 110 valence electrons. The fraction of sp³-hybridized carbons (Fsp3) is 0.500. The quantitative estimate of drug-likeness (QED) is 0.813. The van der Waals surface area contributed by atoms with E-state index in [1.165, 1.54) is 7.11 Å². The summed E-state index contributed by atoms with van der Waals surface area (Å²) < 4.78 is 17.2. The zero-order valence-corrected chi connectivity index (χ0v) is 12.4. The number of ether oxygens (including phenoxy) is 1. The Hall–Kier alpha value is -1.56. The standard InChI is InChI=1S/C14H20N2O3S/c1-19-13-8-10(15)6-7-12(13)16-14(17)9-20(18)11-4-2-3-5-11/h6-8,11H,2-5,9,15H2,1H3,(H,16,17). The number of nitrogen functional groups attached to an aromatic ring is 1. The van der Waals surface area contributed by atoms with Crippen molar-refractivity contribution in [2.75, 3.05) is 23.9 Å². The molecule has 1 aliphatic rings. The molecule has 5 nitrogen and oxygen atoms in total. The molecule has 20 heavy (non-hydrogen) atoms. The van der Waals surface area contributed by atoms with Gasteiger partial charge in [0.2, 0.25) is 5.91 Å². The van der Waals surface area contributed by atoms with E-state index in [4.69, 9.17) is 10.5 Å². The van der Waals surface area contributed by atoms with Crippen molar-refractivity contribution < 1.29 is 13.7 Å². The highest BCUT2D eigenvalue weighted by Crippen LogP contribution is 2.27. The SMILES string of the molecule is COc1cc(N)ccc1NC(=O)CS(=O)C1CCCC1. The third kappa shape index (κ3) is 3.72. The van der Waals surface area contributed by atoms with Gasteiger partial charge in [-0.3, -0.25) is 9.00 Å². The number of anilines is 2. The van der Waals surface area contributed by atoms with Crippen molar-refractivity contribution in [3.8, 4) is 5.75 Å². The lowest BCUT2D eigenvalue weighted by Gasteiger charge is -2.12. The van der Waals surface area contributed by atoms with E-state index in [0.717, 1.165) is 25.7 Å². The van der Waals surface area contributed by atoms with Gasteiger partial charge in [0.05, 0.1) is 12.8 Å². The van der Waals surface area contributed by atoms with E-state index in [2.05, 4.69) is 5.32 Å². The van der Waals surface area contributed by atoms with Gasteiger partial charge in [-0.15, -0.1) is 0 Å². The number of benzene rings is 1. The van der Waals surface area contributed by atoms with E-state index in [1.54, 1.807) is 18.2 Å². The number of hydrogen-bond donors (Lipinski definition) is 2. The number of nitrogens with two attached hydrogens (primary N) is 1. The highest BCUT2D eigenvalue weighted by molar-refractivity contribution is 7.86. The first kappa shape index (κ1) is 14.8. The van der Waals surface area contributed by atoms with Crippen LogP contribution in [0, 0.1) is 0 Å². The molecule has 0 aliphatic heterocycles. The van der Waals surface area contributed by atoms with Crippen LogP contribution in [0.25, 0.3) is 0 Å². The van der Waals surface area contributed by atoms with Gasteiger partial charge in [0.15, 0.2) is 0 Å². The number of methoxy groups -OCH3 is 1. The fourth-order valence-corrected chi connectivity index (χ4v) is 3.82. The number of carbonyl (C=O) groups is 1. The van der Waals surface area contributed by atoms with Gasteiger partial charge in [0.25, 0.3) is 0 Å². The van der Waals surface area contributed by atoms with Gasteiger partial charge in [-0.1, -0.05) is 12.8 Å². The Morgan fingerprint density at radius 2 is 2.15 bits per heavy atom. The van der Waals surface area contributed by atoms with E-state index in [-0.39, 0.29) is 16.9 Å². The van der Waals surface area contributed by atoms with Gasteiger partial charge in [0, 0.05) is 27.8 Å². The van der Waals surface area contributed by atoms with Gasteiger partial charge >= 0.3 is 0 Å². The summed E-state index contributed by atoms with van der Waals surface area (Å²) in [5, 5.41) is 2.91. The molecular weight excluding hydrogens is 276 g/mol. The monoisotopic (exact) mass is 296 g/mol. The van der Waals surface area contributed by atoms with Crippen LogP contribution in [-0.2, 0) is 15.6 Å². The van der Waals surface area contributed by atoms with Crippen molar-refractivity contribution in [2.24, 2.45) is 0 Å². The normalized spacial score (nSPS) is 16.9. The van der Waals surface area contributed by atoms with Crippen LogP contribution < -0.4 is 15.8 Å². The summed E-state index contributed by atoms with van der Waals surface area (Å²) in [7, 11) is 0.425. The van der Waals surface area contributed by atoms with E-state index < -0.39 is 10.8 Å². The number of nitrogens with one attached hydrogen (secondary N) is 1. The molecule has 0 saturated heterocycles. The summed E-state index contributed by atoms with van der Waals surface area (Å²) in [5.41, 5.74) is 6.77. The molecule has 6 heteroatoms. The second kappa shape index (κ2) is 6.74. The molecule has 1 aromatic rings. The minimum atomic E-state index is -1.09. The molecule has 2 rings (SSSR count). The minimum Gasteiger partial charge on any atom is -0.494 e. The molecule has 0 bridgehead atoms. The zero-order chi connectivity index (χ0) is 14.5. The number of rotatable bonds is 5. The van der Waals surface area contributed by atoms with Crippen molar-refractivity contribution >= 4 is 28.1 Å². The van der Waals surface area contributed by atoms with Gasteiger partial charge in [-0.25, -0.2) is 0 Å². The number of carbonyl (C=O) groups excluding carboxylic acids is 1. The highest BCUT2D eigenvalue weighted by atomic mass is 32.2. The van der Waals surface area contributed by atoms with Crippen molar-refractivity contribution in [1.82, 2.24) is 0 Å². The van der Waals surface area contributed by atoms with Crippen LogP contribution in [0.5, 0.6) is 5.75 Å². The Morgan fingerprint density at radius 1 is 1.45 bits per heavy atom. The molecule has 1 fully saturated rings. The average molecular weight is 296 g/mol. The van der Waals surface area contributed by atoms with Crippen LogP contribution in [0.1, 0.15) is 25.7 Å². The minimum absolute atomic E-state index is 0.0399. The second-order valence-electron chi connectivity index (χ2n) is 4.94. The van der Waals surface area contributed by atoms with Crippen LogP contribution >= 0.6 is 0 Å². The summed E-state index contributed by atoms with van der Waals surface area (Å²) in [6.45, 7) is 0. The average Bonchev–Trinajstić information content (AvgIpc) is 2.94. The van der Waals surface area contributed by atoms with Crippen LogP contribution in [0.15, 0.2) is 18.2 Å². The van der Waals surface area contributed by atoms with Gasteiger partial charge in [-0.05, 0) is 25.0 Å². The summed E-state index contributed by atoms with van der Waals surface area (Å²) in [6, 6.07) is 5.01. The Bertz CT molecular complexity index is 513. The molecule has 0 heterocycles. The van der Waals surface area contributed by atoms with Crippen molar-refractivity contribution in [2.45, 2.75) is 30.9 Å². The predicted octanol–water partition coefficient (Wildman–Crippen LogP) is 1.91. The summed E-state index contributed by atoms with van der Waals surface area (Å²) in [5.74, 6) is 0.293. The highest BCUT2D eigenvalue weighted by Gasteiger charge is 2.23. The Morgan fingerprint density at radius 3 is 2.80 bits per heavy atom. The largest absolute Gasteiger partial charge is 0.494 e. The fourth-order valence-electron chi connectivity index (χ4n) is 2.40. The molecule has 1 aromatic carbocycles. The predicted molar refractivity (Wildman–Crippen MR) is 81.3 cm³/mol. The zero-order valence-electron chi connectivity index (χ0n) is 11.6. The molecular formula is C14H20N2O3S. The first-order chi connectivity index (χ1) is 9.60. The summed E-state index contributed by atoms with van der Waals surface area (Å²) >= 11 is 0. The smallest absolute Gasteiger partial charge is 0.237 e. The maximum atomic E-state index is 12.1. The second-order valence-corrected chi connectivity index (χ2v) is 6.66. The molecule has 0 aromatic heterocycles. The van der Waals surface area contributed by atoms with Crippen molar-refractivity contribution in [1.29, 1.82) is 0 Å². The van der Waals surface area contributed by atoms with E-state index >= 15 is 0 Å². The molecule has 3 N–H and O–H groups in total. The van der Waals surface area contributed by atoms with E-state index in [0.29, 0.717) is 17.1 Å². The maximum absolute atomic E-state index is 12.1. The third-order valence-corrected chi connectivity index (χ3v) is 5.21. The molecule has 1 saturated carbocycles. The molecule has 0 spiro atoms. The number of hydrogen-bond acceptors (Lipinski definition) is 4. The van der Waals surface area contributed by atoms with E-state index in [1.807, 2.05) is 0 Å². The van der Waals surface area contributed by atoms with Gasteiger partial charge in [-0.2, -0.15) is 0 Å². The van der Waals surface area contributed by atoms with Crippen LogP contribution in [-0.4, -0.2) is 28.2 Å². The van der Waals surface area contributed by atoms with Crippen molar-refractivity contribution in [3.63, 3.8) is 0 Å². The van der Waals surface area contributed by atoms with E-state index in [9.17, 15) is 9.00 Å². The first-order valence-electron chi connectivity index (χ1n) is 6.70. The Balaban J connectivity index is 1.95. The molecule has 1 aliphatic carbocycles. The molecule has 0 radical (unpaired) electrons. The lowest BCUT2D eigenvalue weighted by atomic mass is 10.2. The van der Waals surface area contributed by atoms with Crippen LogP contribution in [0.3, 0.4) is 0 Å². The lowest BCUT2D eigenvalue weighted by Crippen LogP contribution is -2.24. The topological polar surface area (TPSA) is 81.4 Å². The first-order valence-corrected chi connectivity index (χ1v) is 8.09. The molecule has 1 atom stereocenters. The van der Waals surface area contributed by atoms with Crippen LogP contribution in [0.2, 0.25) is 0 Å². The lowest BCUT2D eigenvalue weighted by molar-refractivity contribution is -0.113. The summed E-state index contributed by atoms with van der Waals surface area (Å²) in [6.07, 6.45) is 4.16. The Kier molecular flexibility index (Phi) is 5.00.